The predicted octanol–water partition coefficient (Wildman–Crippen LogP) is 4.52. The first-order valence-corrected chi connectivity index (χ1v) is 16.6. The Kier molecular flexibility index (Phi) is 9.17. The van der Waals surface area contributed by atoms with Gasteiger partial charge in [-0.1, -0.05) is 18.2 Å². The van der Waals surface area contributed by atoms with Crippen molar-refractivity contribution in [1.82, 2.24) is 34.4 Å². The molecule has 3 aliphatic rings. The van der Waals surface area contributed by atoms with Gasteiger partial charge in [-0.25, -0.2) is 19.0 Å². The van der Waals surface area contributed by atoms with Gasteiger partial charge >= 0.3 is 0 Å². The Bertz CT molecular complexity index is 1840. The number of aromatic nitrogens is 4. The fourth-order valence-electron chi connectivity index (χ4n) is 7.13. The normalized spacial score (nSPS) is 19.6. The topological polar surface area (TPSA) is 113 Å². The van der Waals surface area contributed by atoms with Crippen molar-refractivity contribution in [1.29, 1.82) is 5.26 Å². The molecule has 3 aliphatic heterocycles. The van der Waals surface area contributed by atoms with Crippen molar-refractivity contribution in [2.24, 2.45) is 0 Å². The minimum Gasteiger partial charge on any atom is -0.457 e. The number of nitrogens with zero attached hydrogens (tertiary/aromatic N) is 8. The average molecular weight is 651 g/mol. The summed E-state index contributed by atoms with van der Waals surface area (Å²) >= 11 is 0. The molecule has 7 rings (SSSR count). The molecule has 48 heavy (non-hydrogen) atoms. The van der Waals surface area contributed by atoms with Crippen LogP contribution in [0, 0.1) is 17.1 Å². The Morgan fingerprint density at radius 1 is 1.02 bits per heavy atom. The number of benzene rings is 2. The van der Waals surface area contributed by atoms with E-state index in [4.69, 9.17) is 9.47 Å². The van der Waals surface area contributed by atoms with Gasteiger partial charge in [0.2, 0.25) is 0 Å². The number of likely N-dealkylation sites (tertiary alicyclic amines) is 1. The van der Waals surface area contributed by atoms with Crippen molar-refractivity contribution in [2.45, 2.75) is 44.3 Å². The number of fused-ring (bicyclic) bond motifs is 1. The van der Waals surface area contributed by atoms with Gasteiger partial charge in [-0.2, -0.15) is 10.4 Å². The molecule has 0 saturated carbocycles. The van der Waals surface area contributed by atoms with Gasteiger partial charge in [-0.3, -0.25) is 14.6 Å². The zero-order valence-electron chi connectivity index (χ0n) is 27.1. The van der Waals surface area contributed by atoms with E-state index in [0.29, 0.717) is 68.2 Å². The molecule has 1 unspecified atom stereocenters. The number of piperazine rings is 1. The molecular weight excluding hydrogens is 611 g/mol. The molecule has 0 spiro atoms. The third-order valence-electron chi connectivity index (χ3n) is 9.85. The minimum atomic E-state index is -1.05. The lowest BCUT2D eigenvalue weighted by Gasteiger charge is -2.49. The fourth-order valence-corrected chi connectivity index (χ4v) is 7.13. The summed E-state index contributed by atoms with van der Waals surface area (Å²) in [4.78, 5) is 29.4. The molecule has 3 saturated heterocycles. The molecular formula is C36H39FN8O3. The van der Waals surface area contributed by atoms with Crippen LogP contribution in [0.1, 0.15) is 31.7 Å². The highest BCUT2D eigenvalue weighted by atomic mass is 19.1. The Hall–Kier alpha value is -4.70. The van der Waals surface area contributed by atoms with Gasteiger partial charge < -0.3 is 14.4 Å². The lowest BCUT2D eigenvalue weighted by Crippen LogP contribution is -2.62. The van der Waals surface area contributed by atoms with Crippen LogP contribution in [0.4, 0.5) is 4.39 Å². The third-order valence-corrected chi connectivity index (χ3v) is 9.85. The third kappa shape index (κ3) is 6.29. The molecule has 12 heteroatoms. The molecule has 0 bridgehead atoms. The number of piperidine rings is 1. The highest BCUT2D eigenvalue weighted by molar-refractivity contribution is 6.06. The molecule has 1 amide bonds. The molecule has 2 aromatic heterocycles. The van der Waals surface area contributed by atoms with Gasteiger partial charge in [0.1, 0.15) is 35.3 Å². The van der Waals surface area contributed by atoms with Crippen LogP contribution in [0.15, 0.2) is 72.8 Å². The summed E-state index contributed by atoms with van der Waals surface area (Å²) < 4.78 is 29.8. The number of hydrogen-bond donors (Lipinski definition) is 0. The highest BCUT2D eigenvalue weighted by Crippen LogP contribution is 2.41. The molecule has 5 heterocycles. The summed E-state index contributed by atoms with van der Waals surface area (Å²) in [5.41, 5.74) is 0.0264. The Labute approximate surface area is 279 Å². The number of carbonyl (C=O) groups excluding carboxylic acids is 1. The number of nitriles is 1. The number of ether oxygens (including phenoxy) is 2. The van der Waals surface area contributed by atoms with Crippen LogP contribution in [0.2, 0.25) is 0 Å². The average Bonchev–Trinajstić information content (AvgIpc) is 3.50. The van der Waals surface area contributed by atoms with Crippen LogP contribution in [0.3, 0.4) is 0 Å². The van der Waals surface area contributed by atoms with Gasteiger partial charge in [0, 0.05) is 62.7 Å². The van der Waals surface area contributed by atoms with E-state index in [1.807, 2.05) is 25.1 Å². The molecule has 0 radical (unpaired) electrons. The molecule has 248 valence electrons. The molecule has 3 fully saturated rings. The van der Waals surface area contributed by atoms with E-state index >= 15 is 4.39 Å². The van der Waals surface area contributed by atoms with E-state index in [2.05, 4.69) is 30.9 Å². The minimum absolute atomic E-state index is 0.0593. The quantitative estimate of drug-likeness (QED) is 0.191. The van der Waals surface area contributed by atoms with Crippen LogP contribution in [0.5, 0.6) is 11.5 Å². The molecule has 0 N–H and O–H groups in total. The zero-order valence-corrected chi connectivity index (χ0v) is 27.1. The molecule has 1 atom stereocenters. The van der Waals surface area contributed by atoms with E-state index in [9.17, 15) is 10.1 Å². The Morgan fingerprint density at radius 2 is 1.79 bits per heavy atom. The summed E-state index contributed by atoms with van der Waals surface area (Å²) in [6.45, 7) is 7.58. The SMILES string of the molecule is CC(Cn1ncc2cncnc21)(C(=C(C#N)C(=O)N1CCCCC1)c1ccc(Oc2ccccc2)cc1F)N1CCN(C2COC2)CC1. The standard InChI is InChI=1S/C36H39FN8O3/c1-36(24-45-34-26(21-41-45)20-39-25-40-34,44-16-14-42(15-17-44)27-22-47-23-27)33(31(19-38)35(46)43-12-6-3-7-13-43)30-11-10-29(18-32(30)37)48-28-8-4-2-5-9-28/h2,4-5,8-11,18,20-21,25,27H,3,6-7,12-17,22-24H2,1H3. The van der Waals surface area contributed by atoms with Crippen LogP contribution < -0.4 is 4.74 Å². The van der Waals surface area contributed by atoms with Gasteiger partial charge in [-0.05, 0) is 50.5 Å². The summed E-state index contributed by atoms with van der Waals surface area (Å²) in [6.07, 6.45) is 7.63. The van der Waals surface area contributed by atoms with Crippen molar-refractivity contribution in [3.8, 4) is 17.6 Å². The Morgan fingerprint density at radius 3 is 2.48 bits per heavy atom. The second-order valence-corrected chi connectivity index (χ2v) is 12.9. The van der Waals surface area contributed by atoms with Crippen molar-refractivity contribution < 1.29 is 18.7 Å². The summed E-state index contributed by atoms with van der Waals surface area (Å²) in [6, 6.07) is 16.5. The fraction of sp³-hybridized carbons (Fsp3) is 0.417. The first-order chi connectivity index (χ1) is 23.4. The first-order valence-electron chi connectivity index (χ1n) is 16.6. The van der Waals surface area contributed by atoms with Crippen LogP contribution in [-0.2, 0) is 16.1 Å². The number of para-hydroxylation sites is 1. The smallest absolute Gasteiger partial charge is 0.264 e. The number of carbonyl (C=O) groups is 1. The van der Waals surface area contributed by atoms with Crippen molar-refractivity contribution in [2.75, 3.05) is 52.5 Å². The highest BCUT2D eigenvalue weighted by Gasteiger charge is 2.44. The van der Waals surface area contributed by atoms with E-state index in [-0.39, 0.29) is 23.6 Å². The zero-order chi connectivity index (χ0) is 33.1. The van der Waals surface area contributed by atoms with E-state index < -0.39 is 11.4 Å². The van der Waals surface area contributed by atoms with E-state index in [1.165, 1.54) is 12.4 Å². The molecule has 11 nitrogen and oxygen atoms in total. The molecule has 2 aromatic carbocycles. The Balaban J connectivity index is 1.36. The number of hydrogen-bond acceptors (Lipinski definition) is 9. The summed E-state index contributed by atoms with van der Waals surface area (Å²) in [5, 5.41) is 16.3. The van der Waals surface area contributed by atoms with E-state index in [0.717, 1.165) is 37.7 Å². The van der Waals surface area contributed by atoms with Crippen LogP contribution in [0.25, 0.3) is 16.6 Å². The summed E-state index contributed by atoms with van der Waals surface area (Å²) in [5.74, 6) is -0.0666. The van der Waals surface area contributed by atoms with Crippen molar-refractivity contribution in [3.05, 3.63) is 84.2 Å². The lowest BCUT2D eigenvalue weighted by molar-refractivity contribution is -0.127. The second-order valence-electron chi connectivity index (χ2n) is 12.9. The van der Waals surface area contributed by atoms with Gasteiger partial charge in [-0.15, -0.1) is 0 Å². The largest absolute Gasteiger partial charge is 0.457 e. The van der Waals surface area contributed by atoms with E-state index in [1.54, 1.807) is 46.2 Å². The first kappa shape index (κ1) is 31.9. The van der Waals surface area contributed by atoms with Gasteiger partial charge in [0.15, 0.2) is 5.65 Å². The van der Waals surface area contributed by atoms with Crippen LogP contribution >= 0.6 is 0 Å². The van der Waals surface area contributed by atoms with Gasteiger partial charge in [0.25, 0.3) is 5.91 Å². The molecule has 4 aromatic rings. The maximum atomic E-state index is 16.6. The lowest BCUT2D eigenvalue weighted by atomic mass is 9.80. The van der Waals surface area contributed by atoms with Gasteiger partial charge in [0.05, 0.1) is 42.9 Å². The number of halogens is 1. The van der Waals surface area contributed by atoms with Crippen molar-refractivity contribution >= 4 is 22.5 Å². The monoisotopic (exact) mass is 650 g/mol. The maximum Gasteiger partial charge on any atom is 0.264 e. The maximum absolute atomic E-state index is 16.6. The number of amides is 1. The summed E-state index contributed by atoms with van der Waals surface area (Å²) in [7, 11) is 0. The van der Waals surface area contributed by atoms with Crippen molar-refractivity contribution in [3.63, 3.8) is 0 Å². The number of rotatable bonds is 9. The second kappa shape index (κ2) is 13.8. The molecule has 0 aliphatic carbocycles. The predicted molar refractivity (Wildman–Crippen MR) is 177 cm³/mol. The van der Waals surface area contributed by atoms with Crippen LogP contribution in [-0.4, -0.2) is 104 Å².